The lowest BCUT2D eigenvalue weighted by molar-refractivity contribution is 0.0347. The first-order chi connectivity index (χ1) is 6.36. The highest BCUT2D eigenvalue weighted by atomic mass is 32.1. The van der Waals surface area contributed by atoms with E-state index in [1.807, 2.05) is 11.4 Å². The van der Waals surface area contributed by atoms with Crippen LogP contribution < -0.4 is 5.46 Å². The normalized spacial score (nSPS) is 19.1. The Kier molecular flexibility index (Phi) is 3.03. The molecule has 2 rings (SSSR count). The number of nitrogens with zero attached hydrogens (tertiary/aromatic N) is 1. The summed E-state index contributed by atoms with van der Waals surface area (Å²) in [6.07, 6.45) is 0. The minimum atomic E-state index is 0.852. The predicted molar refractivity (Wildman–Crippen MR) is 55.8 cm³/mol. The molecular formula is C9H12BNOS. The van der Waals surface area contributed by atoms with Crippen molar-refractivity contribution in [3.63, 3.8) is 0 Å². The molecule has 1 aromatic rings. The molecule has 1 aliphatic rings. The maximum Gasteiger partial charge on any atom is 0.115 e. The van der Waals surface area contributed by atoms with Gasteiger partial charge in [0.2, 0.25) is 0 Å². The van der Waals surface area contributed by atoms with Gasteiger partial charge in [0.1, 0.15) is 7.85 Å². The molecule has 4 heteroatoms. The van der Waals surface area contributed by atoms with E-state index in [1.165, 1.54) is 4.88 Å². The van der Waals surface area contributed by atoms with Crippen LogP contribution in [0, 0.1) is 0 Å². The second kappa shape index (κ2) is 4.27. The standard InChI is InChI=1S/C9H12BNOS/c10-8-1-6-13-9(8)7-11-2-4-12-5-3-11/h1,6H,2-5,7H2. The Morgan fingerprint density at radius 3 is 2.85 bits per heavy atom. The number of hydrogen-bond acceptors (Lipinski definition) is 3. The summed E-state index contributed by atoms with van der Waals surface area (Å²) < 4.78 is 5.28. The van der Waals surface area contributed by atoms with Crippen molar-refractivity contribution < 1.29 is 4.74 Å². The summed E-state index contributed by atoms with van der Waals surface area (Å²) >= 11 is 1.74. The molecule has 1 saturated heterocycles. The van der Waals surface area contributed by atoms with E-state index in [0.717, 1.165) is 38.3 Å². The van der Waals surface area contributed by atoms with Crippen LogP contribution in [0.2, 0.25) is 0 Å². The molecule has 0 spiro atoms. The molecule has 0 aromatic carbocycles. The van der Waals surface area contributed by atoms with Gasteiger partial charge in [-0.05, 0) is 5.38 Å². The Morgan fingerprint density at radius 2 is 2.23 bits per heavy atom. The average Bonchev–Trinajstić information content (AvgIpc) is 2.54. The molecule has 13 heavy (non-hydrogen) atoms. The zero-order chi connectivity index (χ0) is 9.10. The molecule has 0 N–H and O–H groups in total. The maximum atomic E-state index is 5.81. The molecule has 0 unspecified atom stereocenters. The Balaban J connectivity index is 1.93. The Bertz CT molecular complexity index is 270. The molecule has 1 aliphatic heterocycles. The van der Waals surface area contributed by atoms with Crippen molar-refractivity contribution >= 4 is 24.6 Å². The van der Waals surface area contributed by atoms with Crippen molar-refractivity contribution in [3.05, 3.63) is 16.3 Å². The smallest absolute Gasteiger partial charge is 0.115 e. The lowest BCUT2D eigenvalue weighted by Gasteiger charge is -2.26. The Morgan fingerprint density at radius 1 is 1.46 bits per heavy atom. The van der Waals surface area contributed by atoms with E-state index in [-0.39, 0.29) is 0 Å². The third-order valence-corrected chi connectivity index (χ3v) is 3.17. The first-order valence-electron chi connectivity index (χ1n) is 4.48. The molecule has 0 bridgehead atoms. The summed E-state index contributed by atoms with van der Waals surface area (Å²) in [7, 11) is 5.81. The van der Waals surface area contributed by atoms with Crippen LogP contribution in [0.5, 0.6) is 0 Å². The highest BCUT2D eigenvalue weighted by molar-refractivity contribution is 7.11. The fourth-order valence-corrected chi connectivity index (χ4v) is 2.28. The predicted octanol–water partition coefficient (Wildman–Crippen LogP) is 0.374. The topological polar surface area (TPSA) is 12.5 Å². The SMILES string of the molecule is [B]c1ccsc1CN1CCOCC1. The first kappa shape index (κ1) is 9.25. The van der Waals surface area contributed by atoms with Gasteiger partial charge in [-0.2, -0.15) is 0 Å². The van der Waals surface area contributed by atoms with Gasteiger partial charge in [0.05, 0.1) is 13.2 Å². The van der Waals surface area contributed by atoms with Gasteiger partial charge in [0, 0.05) is 24.5 Å². The molecule has 2 heterocycles. The highest BCUT2D eigenvalue weighted by Crippen LogP contribution is 2.10. The molecule has 1 aromatic heterocycles. The van der Waals surface area contributed by atoms with Crippen molar-refractivity contribution in [3.8, 4) is 0 Å². The maximum absolute atomic E-state index is 5.81. The highest BCUT2D eigenvalue weighted by Gasteiger charge is 2.11. The van der Waals surface area contributed by atoms with Gasteiger partial charge in [-0.1, -0.05) is 11.5 Å². The minimum Gasteiger partial charge on any atom is -0.379 e. The molecule has 0 atom stereocenters. The van der Waals surface area contributed by atoms with E-state index in [4.69, 9.17) is 12.6 Å². The van der Waals surface area contributed by atoms with Gasteiger partial charge in [0.25, 0.3) is 0 Å². The molecule has 2 radical (unpaired) electrons. The van der Waals surface area contributed by atoms with E-state index >= 15 is 0 Å². The molecule has 2 nitrogen and oxygen atoms in total. The lowest BCUT2D eigenvalue weighted by atomic mass is 9.97. The van der Waals surface area contributed by atoms with Crippen LogP contribution in [0.4, 0.5) is 0 Å². The molecule has 1 fully saturated rings. The van der Waals surface area contributed by atoms with Crippen molar-refractivity contribution in [1.82, 2.24) is 4.90 Å². The van der Waals surface area contributed by atoms with E-state index in [0.29, 0.717) is 0 Å². The Labute approximate surface area is 83.9 Å². The van der Waals surface area contributed by atoms with E-state index < -0.39 is 0 Å². The fraction of sp³-hybridized carbons (Fsp3) is 0.556. The van der Waals surface area contributed by atoms with Crippen LogP contribution in [0.3, 0.4) is 0 Å². The average molecular weight is 193 g/mol. The summed E-state index contributed by atoms with van der Waals surface area (Å²) in [6, 6.07) is 1.97. The van der Waals surface area contributed by atoms with Gasteiger partial charge in [-0.25, -0.2) is 0 Å². The van der Waals surface area contributed by atoms with Crippen LogP contribution >= 0.6 is 11.3 Å². The van der Waals surface area contributed by atoms with Crippen molar-refractivity contribution in [2.24, 2.45) is 0 Å². The second-order valence-corrected chi connectivity index (χ2v) is 4.19. The molecular weight excluding hydrogens is 181 g/mol. The lowest BCUT2D eigenvalue weighted by Crippen LogP contribution is -2.36. The monoisotopic (exact) mass is 193 g/mol. The number of hydrogen-bond donors (Lipinski definition) is 0. The summed E-state index contributed by atoms with van der Waals surface area (Å²) in [5.41, 5.74) is 0.927. The molecule has 0 saturated carbocycles. The molecule has 0 amide bonds. The van der Waals surface area contributed by atoms with Crippen LogP contribution in [-0.4, -0.2) is 39.0 Å². The second-order valence-electron chi connectivity index (χ2n) is 3.19. The summed E-state index contributed by atoms with van der Waals surface area (Å²) in [5.74, 6) is 0. The quantitative estimate of drug-likeness (QED) is 0.629. The van der Waals surface area contributed by atoms with Gasteiger partial charge >= 0.3 is 0 Å². The summed E-state index contributed by atoms with van der Waals surface area (Å²) in [4.78, 5) is 3.66. The molecule has 0 aliphatic carbocycles. The zero-order valence-electron chi connectivity index (χ0n) is 7.53. The zero-order valence-corrected chi connectivity index (χ0v) is 8.35. The van der Waals surface area contributed by atoms with Gasteiger partial charge in [-0.15, -0.1) is 11.3 Å². The first-order valence-corrected chi connectivity index (χ1v) is 5.36. The van der Waals surface area contributed by atoms with Crippen molar-refractivity contribution in [2.75, 3.05) is 26.3 Å². The third kappa shape index (κ3) is 2.33. The van der Waals surface area contributed by atoms with Crippen LogP contribution in [-0.2, 0) is 11.3 Å². The number of thiophene rings is 1. The van der Waals surface area contributed by atoms with Crippen molar-refractivity contribution in [1.29, 1.82) is 0 Å². The Hall–Kier alpha value is -0.315. The van der Waals surface area contributed by atoms with Gasteiger partial charge in [0.15, 0.2) is 0 Å². The van der Waals surface area contributed by atoms with Crippen LogP contribution in [0.15, 0.2) is 11.4 Å². The van der Waals surface area contributed by atoms with E-state index in [9.17, 15) is 0 Å². The van der Waals surface area contributed by atoms with E-state index in [2.05, 4.69) is 4.90 Å². The number of rotatable bonds is 2. The third-order valence-electron chi connectivity index (χ3n) is 2.25. The van der Waals surface area contributed by atoms with Crippen LogP contribution in [0.25, 0.3) is 0 Å². The van der Waals surface area contributed by atoms with Gasteiger partial charge < -0.3 is 4.74 Å². The summed E-state index contributed by atoms with van der Waals surface area (Å²) in [6.45, 7) is 4.73. The largest absolute Gasteiger partial charge is 0.379 e. The van der Waals surface area contributed by atoms with Gasteiger partial charge in [-0.3, -0.25) is 4.90 Å². The minimum absolute atomic E-state index is 0.852. The van der Waals surface area contributed by atoms with E-state index in [1.54, 1.807) is 11.3 Å². The number of ether oxygens (including phenoxy) is 1. The van der Waals surface area contributed by atoms with Crippen molar-refractivity contribution in [2.45, 2.75) is 6.54 Å². The fourth-order valence-electron chi connectivity index (χ4n) is 1.44. The molecule has 68 valence electrons. The number of morpholine rings is 1. The van der Waals surface area contributed by atoms with Crippen LogP contribution in [0.1, 0.15) is 4.88 Å². The summed E-state index contributed by atoms with van der Waals surface area (Å²) in [5, 5.41) is 2.05.